The fourth-order valence-electron chi connectivity index (χ4n) is 0.517. The highest BCUT2D eigenvalue weighted by Crippen LogP contribution is 2.02. The number of hydrogen-bond acceptors (Lipinski definition) is 3. The first kappa shape index (κ1) is 9.62. The molecule has 1 rings (SSSR count). The van der Waals surface area contributed by atoms with Crippen molar-refractivity contribution in [2.75, 3.05) is 5.73 Å². The maximum atomic E-state index is 5.39. The average Bonchev–Trinajstić information content (AvgIpc) is 2.09. The summed E-state index contributed by atoms with van der Waals surface area (Å²) in [5, 5.41) is 0. The Morgan fingerprint density at radius 3 is 2.27 bits per heavy atom. The molecule has 0 aliphatic heterocycles. The molecule has 0 saturated carbocycles. The van der Waals surface area contributed by atoms with Gasteiger partial charge in [-0.15, -0.1) is 0 Å². The van der Waals surface area contributed by atoms with Gasteiger partial charge in [-0.05, 0) is 6.08 Å². The summed E-state index contributed by atoms with van der Waals surface area (Å²) in [6.45, 7) is 7.51. The maximum absolute atomic E-state index is 5.39. The van der Waals surface area contributed by atoms with Gasteiger partial charge in [0.25, 0.3) is 0 Å². The minimum absolute atomic E-state index is 0.424. The van der Waals surface area contributed by atoms with E-state index in [0.717, 1.165) is 0 Å². The Kier molecular flexibility index (Phi) is 4.73. The van der Waals surface area contributed by atoms with Crippen molar-refractivity contribution in [3.8, 4) is 0 Å². The molecule has 0 spiro atoms. The van der Waals surface area contributed by atoms with E-state index in [0.29, 0.717) is 11.5 Å². The van der Waals surface area contributed by atoms with Crippen molar-refractivity contribution in [1.29, 1.82) is 0 Å². The van der Waals surface area contributed by atoms with Crippen LogP contribution in [0.3, 0.4) is 0 Å². The van der Waals surface area contributed by atoms with E-state index in [1.54, 1.807) is 18.5 Å². The summed E-state index contributed by atoms with van der Waals surface area (Å²) in [6, 6.07) is 0. The molecule has 1 aromatic heterocycles. The van der Waals surface area contributed by atoms with E-state index in [9.17, 15) is 0 Å². The van der Waals surface area contributed by atoms with Gasteiger partial charge in [0, 0.05) is 12.4 Å². The van der Waals surface area contributed by atoms with Gasteiger partial charge in [0.05, 0.1) is 0 Å². The third-order valence-corrected chi connectivity index (χ3v) is 0.950. The van der Waals surface area contributed by atoms with Crippen LogP contribution in [0.2, 0.25) is 0 Å². The van der Waals surface area contributed by atoms with Crippen LogP contribution >= 0.6 is 0 Å². The third-order valence-electron chi connectivity index (χ3n) is 0.950. The van der Waals surface area contributed by atoms with E-state index in [1.165, 1.54) is 0 Å². The summed E-state index contributed by atoms with van der Waals surface area (Å²) in [5.74, 6) is 0.424. The van der Waals surface area contributed by atoms with E-state index in [-0.39, 0.29) is 0 Å². The van der Waals surface area contributed by atoms with Crippen LogP contribution in [0.15, 0.2) is 19.0 Å². The number of nitrogen functional groups attached to an aromatic ring is 1. The molecule has 1 aromatic rings. The highest BCUT2D eigenvalue weighted by atomic mass is 14.9. The van der Waals surface area contributed by atoms with Crippen molar-refractivity contribution in [1.82, 2.24) is 9.97 Å². The number of anilines is 1. The quantitative estimate of drug-likeness (QED) is 0.665. The Morgan fingerprint density at radius 2 is 1.91 bits per heavy atom. The number of hydrogen-bond donors (Lipinski definition) is 1. The summed E-state index contributed by atoms with van der Waals surface area (Å²) < 4.78 is 0. The lowest BCUT2D eigenvalue weighted by atomic mass is 10.4. The van der Waals surface area contributed by atoms with Crippen LogP contribution in [0, 0.1) is 0 Å². The van der Waals surface area contributed by atoms with Crippen molar-refractivity contribution >= 4 is 11.9 Å². The fraction of sp³-hybridized carbons (Fsp3) is 0.250. The molecule has 2 N–H and O–H groups in total. The van der Waals surface area contributed by atoms with Gasteiger partial charge in [-0.2, -0.15) is 0 Å². The molecule has 3 nitrogen and oxygen atoms in total. The van der Waals surface area contributed by atoms with Gasteiger partial charge in [0.15, 0.2) is 0 Å². The standard InChI is InChI=1S/C6H7N3.C2H6/c1-2-5-6(7)9-4-3-8-5;1-2/h2-4H,1H2,(H2,7,9);1-2H3. The van der Waals surface area contributed by atoms with Crippen LogP contribution in [0.1, 0.15) is 19.5 Å². The smallest absolute Gasteiger partial charge is 0.149 e. The molecule has 0 saturated heterocycles. The average molecular weight is 151 g/mol. The monoisotopic (exact) mass is 151 g/mol. The Hall–Kier alpha value is -1.38. The zero-order valence-corrected chi connectivity index (χ0v) is 6.91. The van der Waals surface area contributed by atoms with Crippen molar-refractivity contribution in [3.05, 3.63) is 24.7 Å². The lowest BCUT2D eigenvalue weighted by molar-refractivity contribution is 1.19. The Bertz CT molecular complexity index is 220. The van der Waals surface area contributed by atoms with Crippen LogP contribution in [-0.2, 0) is 0 Å². The number of aromatic nitrogens is 2. The predicted octanol–water partition coefficient (Wildman–Crippen LogP) is 1.73. The largest absolute Gasteiger partial charge is 0.382 e. The van der Waals surface area contributed by atoms with Crippen molar-refractivity contribution in [2.45, 2.75) is 13.8 Å². The molecule has 0 bridgehead atoms. The molecule has 60 valence electrons. The minimum atomic E-state index is 0.424. The van der Waals surface area contributed by atoms with Crippen LogP contribution in [-0.4, -0.2) is 9.97 Å². The fourth-order valence-corrected chi connectivity index (χ4v) is 0.517. The molecule has 1 heterocycles. The first-order chi connectivity index (χ1) is 5.34. The van der Waals surface area contributed by atoms with Gasteiger partial charge in [0.1, 0.15) is 11.5 Å². The SMILES string of the molecule is C=Cc1nccnc1N.CC. The normalized spacial score (nSPS) is 7.82. The number of nitrogens with two attached hydrogens (primary N) is 1. The molecule has 0 amide bonds. The highest BCUT2D eigenvalue weighted by molar-refractivity contribution is 5.54. The molecule has 0 aliphatic rings. The molecule has 0 unspecified atom stereocenters. The molecule has 0 aliphatic carbocycles. The van der Waals surface area contributed by atoms with E-state index in [2.05, 4.69) is 16.5 Å². The first-order valence-electron chi connectivity index (χ1n) is 3.53. The lowest BCUT2D eigenvalue weighted by Crippen LogP contribution is -1.94. The Balaban J connectivity index is 0.000000461. The molecule has 0 aromatic carbocycles. The van der Waals surface area contributed by atoms with E-state index in [1.807, 2.05) is 13.8 Å². The summed E-state index contributed by atoms with van der Waals surface area (Å²) in [5.41, 5.74) is 6.02. The molecule has 11 heavy (non-hydrogen) atoms. The molecular weight excluding hydrogens is 138 g/mol. The third kappa shape index (κ3) is 2.80. The Morgan fingerprint density at radius 1 is 1.36 bits per heavy atom. The Labute approximate surface area is 67.0 Å². The predicted molar refractivity (Wildman–Crippen MR) is 47.9 cm³/mol. The second-order valence-electron chi connectivity index (χ2n) is 1.53. The molecule has 0 fully saturated rings. The highest BCUT2D eigenvalue weighted by Gasteiger charge is 1.91. The second kappa shape index (κ2) is 5.41. The van der Waals surface area contributed by atoms with Gasteiger partial charge in [-0.1, -0.05) is 20.4 Å². The van der Waals surface area contributed by atoms with Crippen molar-refractivity contribution in [3.63, 3.8) is 0 Å². The molecule has 0 radical (unpaired) electrons. The summed E-state index contributed by atoms with van der Waals surface area (Å²) in [7, 11) is 0. The first-order valence-corrected chi connectivity index (χ1v) is 3.53. The minimum Gasteiger partial charge on any atom is -0.382 e. The van der Waals surface area contributed by atoms with Crippen LogP contribution in [0.25, 0.3) is 6.08 Å². The van der Waals surface area contributed by atoms with Crippen LogP contribution in [0.5, 0.6) is 0 Å². The summed E-state index contributed by atoms with van der Waals surface area (Å²) in [6.07, 6.45) is 4.69. The zero-order valence-electron chi connectivity index (χ0n) is 6.91. The van der Waals surface area contributed by atoms with Gasteiger partial charge < -0.3 is 5.73 Å². The zero-order chi connectivity index (χ0) is 8.69. The topological polar surface area (TPSA) is 51.8 Å². The van der Waals surface area contributed by atoms with Crippen molar-refractivity contribution in [2.24, 2.45) is 0 Å². The molecular formula is C8H13N3. The van der Waals surface area contributed by atoms with E-state index < -0.39 is 0 Å². The van der Waals surface area contributed by atoms with Gasteiger partial charge in [-0.25, -0.2) is 4.98 Å². The lowest BCUT2D eigenvalue weighted by Gasteiger charge is -1.93. The molecule has 0 atom stereocenters. The van der Waals surface area contributed by atoms with Crippen molar-refractivity contribution < 1.29 is 0 Å². The van der Waals surface area contributed by atoms with Crippen LogP contribution < -0.4 is 5.73 Å². The number of nitrogens with zero attached hydrogens (tertiary/aromatic N) is 2. The van der Waals surface area contributed by atoms with Gasteiger partial charge in [-0.3, -0.25) is 4.98 Å². The van der Waals surface area contributed by atoms with Crippen LogP contribution in [0.4, 0.5) is 5.82 Å². The summed E-state index contributed by atoms with van der Waals surface area (Å²) >= 11 is 0. The summed E-state index contributed by atoms with van der Waals surface area (Å²) in [4.78, 5) is 7.69. The van der Waals surface area contributed by atoms with Gasteiger partial charge in [0.2, 0.25) is 0 Å². The molecule has 3 heteroatoms. The van der Waals surface area contributed by atoms with Gasteiger partial charge >= 0.3 is 0 Å². The van der Waals surface area contributed by atoms with E-state index >= 15 is 0 Å². The van der Waals surface area contributed by atoms with E-state index in [4.69, 9.17) is 5.73 Å². The second-order valence-corrected chi connectivity index (χ2v) is 1.53. The number of rotatable bonds is 1. The maximum Gasteiger partial charge on any atom is 0.149 e.